The van der Waals surface area contributed by atoms with E-state index in [4.69, 9.17) is 5.73 Å². The molecule has 1 fully saturated rings. The van der Waals surface area contributed by atoms with Crippen LogP contribution in [-0.2, 0) is 24.3 Å². The predicted octanol–water partition coefficient (Wildman–Crippen LogP) is 0.860. The Labute approximate surface area is 123 Å². The summed E-state index contributed by atoms with van der Waals surface area (Å²) in [5, 5.41) is 12.3. The fraction of sp³-hybridized carbons (Fsp3) is 0.571. The van der Waals surface area contributed by atoms with E-state index in [0.29, 0.717) is 24.7 Å². The molecule has 1 aliphatic carbocycles. The minimum atomic E-state index is 0.0696. The highest BCUT2D eigenvalue weighted by molar-refractivity contribution is 5.80. The average Bonchev–Trinajstić information content (AvgIpc) is 3.19. The minimum Gasteiger partial charge on any atom is -0.325 e. The topological polar surface area (TPSA) is 91.6 Å². The molecule has 21 heavy (non-hydrogen) atoms. The highest BCUT2D eigenvalue weighted by Gasteiger charge is 2.18. The normalized spacial score (nSPS) is 15.7. The SMILES string of the molecule is NCc1cn(CC(=O)Cc2ccn(C3CCCC3)n2)nn1. The van der Waals surface area contributed by atoms with E-state index < -0.39 is 0 Å². The number of nitrogens with zero attached hydrogens (tertiary/aromatic N) is 5. The van der Waals surface area contributed by atoms with Crippen molar-refractivity contribution in [1.82, 2.24) is 24.8 Å². The Morgan fingerprint density at radius 1 is 1.33 bits per heavy atom. The lowest BCUT2D eigenvalue weighted by Crippen LogP contribution is -2.14. The van der Waals surface area contributed by atoms with E-state index in [-0.39, 0.29) is 12.3 Å². The van der Waals surface area contributed by atoms with Gasteiger partial charge in [-0.1, -0.05) is 18.1 Å². The van der Waals surface area contributed by atoms with Crippen LogP contribution >= 0.6 is 0 Å². The van der Waals surface area contributed by atoms with Crippen LogP contribution in [0.25, 0.3) is 0 Å². The first-order valence-electron chi connectivity index (χ1n) is 7.39. The Balaban J connectivity index is 1.57. The molecule has 2 heterocycles. The van der Waals surface area contributed by atoms with Gasteiger partial charge in [-0.2, -0.15) is 5.10 Å². The summed E-state index contributed by atoms with van der Waals surface area (Å²) in [5.74, 6) is 0.0696. The van der Waals surface area contributed by atoms with Gasteiger partial charge >= 0.3 is 0 Å². The molecule has 2 aromatic heterocycles. The summed E-state index contributed by atoms with van der Waals surface area (Å²) < 4.78 is 3.54. The van der Waals surface area contributed by atoms with Gasteiger partial charge in [-0.3, -0.25) is 9.48 Å². The van der Waals surface area contributed by atoms with Gasteiger partial charge in [0.1, 0.15) is 6.54 Å². The maximum atomic E-state index is 12.0. The second-order valence-electron chi connectivity index (χ2n) is 5.55. The lowest BCUT2D eigenvalue weighted by Gasteiger charge is -2.08. The van der Waals surface area contributed by atoms with Crippen molar-refractivity contribution in [2.45, 2.75) is 51.2 Å². The molecule has 0 aliphatic heterocycles. The van der Waals surface area contributed by atoms with Crippen molar-refractivity contribution in [1.29, 1.82) is 0 Å². The molecule has 112 valence electrons. The van der Waals surface area contributed by atoms with Crippen molar-refractivity contribution in [3.05, 3.63) is 29.8 Å². The second kappa shape index (κ2) is 6.17. The van der Waals surface area contributed by atoms with Crippen molar-refractivity contribution in [3.8, 4) is 0 Å². The number of carbonyl (C=O) groups excluding carboxylic acids is 1. The number of ketones is 1. The number of rotatable bonds is 6. The lowest BCUT2D eigenvalue weighted by molar-refractivity contribution is -0.119. The lowest BCUT2D eigenvalue weighted by atomic mass is 10.2. The van der Waals surface area contributed by atoms with Gasteiger partial charge in [0.05, 0.1) is 30.0 Å². The first kappa shape index (κ1) is 13.9. The maximum absolute atomic E-state index is 12.0. The van der Waals surface area contributed by atoms with E-state index in [1.54, 1.807) is 6.20 Å². The summed E-state index contributed by atoms with van der Waals surface area (Å²) in [6.45, 7) is 0.545. The summed E-state index contributed by atoms with van der Waals surface area (Å²) in [5.41, 5.74) is 6.98. The van der Waals surface area contributed by atoms with Crippen LogP contribution in [0.15, 0.2) is 18.5 Å². The molecule has 0 bridgehead atoms. The maximum Gasteiger partial charge on any atom is 0.160 e. The Morgan fingerprint density at radius 2 is 2.14 bits per heavy atom. The zero-order chi connectivity index (χ0) is 14.7. The van der Waals surface area contributed by atoms with Gasteiger partial charge in [0.2, 0.25) is 0 Å². The largest absolute Gasteiger partial charge is 0.325 e. The van der Waals surface area contributed by atoms with Crippen LogP contribution in [0.4, 0.5) is 0 Å². The third-order valence-electron chi connectivity index (χ3n) is 3.87. The molecular weight excluding hydrogens is 268 g/mol. The van der Waals surface area contributed by atoms with Crippen LogP contribution in [0.1, 0.15) is 43.1 Å². The summed E-state index contributed by atoms with van der Waals surface area (Å²) >= 11 is 0. The van der Waals surface area contributed by atoms with Crippen molar-refractivity contribution >= 4 is 5.78 Å². The Kier molecular flexibility index (Phi) is 4.10. The standard InChI is InChI=1S/C14H20N6O/c15-8-12-9-19(18-16-12)10-14(21)7-11-5-6-20(17-11)13-3-1-2-4-13/h5-6,9,13H,1-4,7-8,10,15H2. The minimum absolute atomic E-state index is 0.0696. The van der Waals surface area contributed by atoms with Crippen molar-refractivity contribution in [3.63, 3.8) is 0 Å². The molecule has 7 heteroatoms. The first-order chi connectivity index (χ1) is 10.2. The molecule has 2 N–H and O–H groups in total. The monoisotopic (exact) mass is 288 g/mol. The van der Waals surface area contributed by atoms with Gasteiger partial charge in [0.15, 0.2) is 5.78 Å². The third kappa shape index (κ3) is 3.36. The number of aromatic nitrogens is 5. The highest BCUT2D eigenvalue weighted by atomic mass is 16.1. The summed E-state index contributed by atoms with van der Waals surface area (Å²) in [4.78, 5) is 12.0. The van der Waals surface area contributed by atoms with Crippen LogP contribution in [0.2, 0.25) is 0 Å². The van der Waals surface area contributed by atoms with E-state index in [9.17, 15) is 4.79 Å². The van der Waals surface area contributed by atoms with E-state index in [1.807, 2.05) is 16.9 Å². The molecular formula is C14H20N6O. The van der Waals surface area contributed by atoms with Gasteiger partial charge in [-0.05, 0) is 18.9 Å². The van der Waals surface area contributed by atoms with Crippen LogP contribution in [0, 0.1) is 0 Å². The third-order valence-corrected chi connectivity index (χ3v) is 3.87. The van der Waals surface area contributed by atoms with E-state index in [1.165, 1.54) is 30.4 Å². The molecule has 0 saturated heterocycles. The van der Waals surface area contributed by atoms with Crippen molar-refractivity contribution in [2.75, 3.05) is 0 Å². The number of Topliss-reactive ketones (excluding diaryl/α,β-unsaturated/α-hetero) is 1. The molecule has 0 unspecified atom stereocenters. The van der Waals surface area contributed by atoms with Gasteiger partial charge < -0.3 is 5.73 Å². The van der Waals surface area contributed by atoms with E-state index in [0.717, 1.165) is 5.69 Å². The molecule has 1 aliphatic rings. The van der Waals surface area contributed by atoms with Crippen LogP contribution in [0.5, 0.6) is 0 Å². The molecule has 0 amide bonds. The molecule has 1 saturated carbocycles. The highest BCUT2D eigenvalue weighted by Crippen LogP contribution is 2.28. The molecule has 0 radical (unpaired) electrons. The molecule has 2 aromatic rings. The van der Waals surface area contributed by atoms with Gasteiger partial charge in [-0.25, -0.2) is 4.68 Å². The van der Waals surface area contributed by atoms with Crippen LogP contribution < -0.4 is 5.73 Å². The summed E-state index contributed by atoms with van der Waals surface area (Å²) in [6.07, 6.45) is 8.95. The fourth-order valence-corrected chi connectivity index (χ4v) is 2.79. The zero-order valence-electron chi connectivity index (χ0n) is 12.0. The average molecular weight is 288 g/mol. The predicted molar refractivity (Wildman–Crippen MR) is 76.4 cm³/mol. The van der Waals surface area contributed by atoms with Crippen molar-refractivity contribution < 1.29 is 4.79 Å². The molecule has 0 atom stereocenters. The smallest absolute Gasteiger partial charge is 0.160 e. The molecule has 0 aromatic carbocycles. The quantitative estimate of drug-likeness (QED) is 0.851. The Hall–Kier alpha value is -2.02. The van der Waals surface area contributed by atoms with Crippen LogP contribution in [-0.4, -0.2) is 30.6 Å². The van der Waals surface area contributed by atoms with Crippen molar-refractivity contribution in [2.24, 2.45) is 5.73 Å². The summed E-state index contributed by atoms with van der Waals surface area (Å²) in [7, 11) is 0. The van der Waals surface area contributed by atoms with E-state index >= 15 is 0 Å². The fourth-order valence-electron chi connectivity index (χ4n) is 2.79. The summed E-state index contributed by atoms with van der Waals surface area (Å²) in [6, 6.07) is 2.44. The van der Waals surface area contributed by atoms with Gasteiger partial charge in [0, 0.05) is 12.7 Å². The zero-order valence-corrected chi connectivity index (χ0v) is 12.0. The number of hydrogen-bond acceptors (Lipinski definition) is 5. The first-order valence-corrected chi connectivity index (χ1v) is 7.39. The van der Waals surface area contributed by atoms with Crippen LogP contribution in [0.3, 0.4) is 0 Å². The Bertz CT molecular complexity index is 611. The number of carbonyl (C=O) groups is 1. The second-order valence-corrected chi connectivity index (χ2v) is 5.55. The van der Waals surface area contributed by atoms with Gasteiger partial charge in [-0.15, -0.1) is 5.10 Å². The van der Waals surface area contributed by atoms with Gasteiger partial charge in [0.25, 0.3) is 0 Å². The van der Waals surface area contributed by atoms with E-state index in [2.05, 4.69) is 15.4 Å². The molecule has 7 nitrogen and oxygen atoms in total. The molecule has 3 rings (SSSR count). The number of hydrogen-bond donors (Lipinski definition) is 1. The Morgan fingerprint density at radius 3 is 2.86 bits per heavy atom. The number of nitrogens with two attached hydrogens (primary N) is 1. The molecule has 0 spiro atoms.